The van der Waals surface area contributed by atoms with E-state index in [1.807, 2.05) is 0 Å². The highest BCUT2D eigenvalue weighted by atomic mass is 79.9. The second kappa shape index (κ2) is 33.9. The number of halogens is 5. The Morgan fingerprint density at radius 1 is 0.303 bits per heavy atom. The Kier molecular flexibility index (Phi) is 52.9. The molecule has 212 valence electrons. The lowest BCUT2D eigenvalue weighted by Crippen LogP contribution is -3.00. The number of hydrogen-bond donors (Lipinski definition) is 0. The predicted molar refractivity (Wildman–Crippen MR) is 144 cm³/mol. The zero-order valence-corrected chi connectivity index (χ0v) is 30.7. The Bertz CT molecular complexity index is 228. The molecule has 3 nitrogen and oxygen atoms in total. The third-order valence-electron chi connectivity index (χ3n) is 8.05. The van der Waals surface area contributed by atoms with E-state index in [4.69, 9.17) is 23.2 Å². The van der Waals surface area contributed by atoms with Crippen LogP contribution in [-0.2, 0) is 0 Å². The van der Waals surface area contributed by atoms with E-state index in [0.29, 0.717) is 0 Å². The first-order valence-corrected chi connectivity index (χ1v) is 13.9. The Hall–Kier alpha value is 1.90. The Labute approximate surface area is 253 Å². The lowest BCUT2D eigenvalue weighted by molar-refractivity contribution is -0.921. The molecule has 0 aliphatic heterocycles. The number of rotatable bonds is 12. The molecule has 0 unspecified atom stereocenters. The maximum Gasteiger partial charge on any atom is 0.0967 e. The fourth-order valence-corrected chi connectivity index (χ4v) is 4.02. The summed E-state index contributed by atoms with van der Waals surface area (Å²) in [5.74, 6) is 0. The summed E-state index contributed by atoms with van der Waals surface area (Å²) in [6, 6.07) is 0. The standard InChI is InChI=1S/3C8H20N.CH2Cl2.3BrH/c3*1-5-9(6-2,7-3)8-4;2-1-3;;;/h3*5-8H2,1-4H3;1H2;3*1H/q3*+1;;;;/p-3. The molecule has 0 aliphatic carbocycles. The average Bonchev–Trinajstić information content (AvgIpc) is 2.81. The van der Waals surface area contributed by atoms with Crippen molar-refractivity contribution in [2.45, 2.75) is 83.1 Å². The van der Waals surface area contributed by atoms with E-state index < -0.39 is 0 Å². The zero-order chi connectivity index (χ0) is 24.7. The van der Waals surface area contributed by atoms with Crippen LogP contribution in [0.3, 0.4) is 0 Å². The molecule has 8 heteroatoms. The maximum atomic E-state index is 4.76. The first kappa shape index (κ1) is 51.5. The van der Waals surface area contributed by atoms with Crippen molar-refractivity contribution in [3.05, 3.63) is 0 Å². The van der Waals surface area contributed by atoms with Gasteiger partial charge >= 0.3 is 0 Å². The lowest BCUT2D eigenvalue weighted by atomic mass is 10.3. The molecule has 0 fully saturated rings. The van der Waals surface area contributed by atoms with Crippen molar-refractivity contribution in [2.24, 2.45) is 0 Å². The molecule has 0 bridgehead atoms. The predicted octanol–water partition coefficient (Wildman–Crippen LogP) is -1.92. The molecule has 0 aromatic rings. The molecule has 33 heavy (non-hydrogen) atoms. The summed E-state index contributed by atoms with van der Waals surface area (Å²) in [6.45, 7) is 42.7. The third-order valence-corrected chi connectivity index (χ3v) is 8.05. The fourth-order valence-electron chi connectivity index (χ4n) is 4.02. The minimum atomic E-state index is 0. The summed E-state index contributed by atoms with van der Waals surface area (Å²) in [6.07, 6.45) is 0. The van der Waals surface area contributed by atoms with E-state index >= 15 is 0 Å². The SMILES string of the molecule is CC[N+](CC)(CC)CC.CC[N+](CC)(CC)CC.CC[N+](CC)(CC)CC.ClCCl.[Br-].[Br-].[Br-]. The van der Waals surface area contributed by atoms with Gasteiger partial charge in [0.05, 0.1) is 83.9 Å². The highest BCUT2D eigenvalue weighted by molar-refractivity contribution is 6.40. The van der Waals surface area contributed by atoms with Crippen LogP contribution in [0, 0.1) is 0 Å². The molecule has 0 aromatic carbocycles. The van der Waals surface area contributed by atoms with Gasteiger partial charge in [-0.05, 0) is 83.1 Å². The number of hydrogen-bond acceptors (Lipinski definition) is 0. The highest BCUT2D eigenvalue weighted by Crippen LogP contribution is 2.04. The molecule has 0 rings (SSSR count). The number of nitrogens with zero attached hydrogens (tertiary/aromatic N) is 3. The smallest absolute Gasteiger partial charge is 0.0967 e. The zero-order valence-electron chi connectivity index (χ0n) is 24.4. The van der Waals surface area contributed by atoms with Gasteiger partial charge in [-0.25, -0.2) is 0 Å². The van der Waals surface area contributed by atoms with Gasteiger partial charge in [0.25, 0.3) is 0 Å². The van der Waals surface area contributed by atoms with Crippen LogP contribution >= 0.6 is 23.2 Å². The number of quaternary nitrogens is 3. The molecule has 0 saturated heterocycles. The van der Waals surface area contributed by atoms with Crippen LogP contribution in [0.25, 0.3) is 0 Å². The van der Waals surface area contributed by atoms with Crippen LogP contribution in [0.5, 0.6) is 0 Å². The van der Waals surface area contributed by atoms with Crippen LogP contribution in [0.4, 0.5) is 0 Å². The van der Waals surface area contributed by atoms with Crippen molar-refractivity contribution in [1.82, 2.24) is 0 Å². The van der Waals surface area contributed by atoms with Crippen molar-refractivity contribution in [2.75, 3.05) is 83.9 Å². The second-order valence-corrected chi connectivity index (χ2v) is 8.73. The lowest BCUT2D eigenvalue weighted by Gasteiger charge is -2.34. The van der Waals surface area contributed by atoms with Gasteiger partial charge in [-0.1, -0.05) is 0 Å². The van der Waals surface area contributed by atoms with E-state index in [2.05, 4.69) is 83.1 Å². The van der Waals surface area contributed by atoms with Gasteiger partial charge in [0, 0.05) is 0 Å². The van der Waals surface area contributed by atoms with Crippen molar-refractivity contribution in [1.29, 1.82) is 0 Å². The summed E-state index contributed by atoms with van der Waals surface area (Å²) in [4.78, 5) is 0. The first-order valence-electron chi connectivity index (χ1n) is 12.8. The Morgan fingerprint density at radius 3 is 0.364 bits per heavy atom. The van der Waals surface area contributed by atoms with E-state index in [0.717, 1.165) is 0 Å². The molecular weight excluding hydrogens is 653 g/mol. The van der Waals surface area contributed by atoms with E-state index in [1.54, 1.807) is 0 Å². The third kappa shape index (κ3) is 24.0. The van der Waals surface area contributed by atoms with E-state index in [1.165, 1.54) is 92.0 Å². The monoisotopic (exact) mass is 711 g/mol. The quantitative estimate of drug-likeness (QED) is 0.164. The molecule has 0 radical (unpaired) electrons. The molecule has 0 aromatic heterocycles. The molecule has 0 aliphatic rings. The molecule has 0 heterocycles. The summed E-state index contributed by atoms with van der Waals surface area (Å²) < 4.78 is 3.83. The first-order chi connectivity index (χ1) is 14.1. The Balaban J connectivity index is -0.0000000555. The van der Waals surface area contributed by atoms with Crippen LogP contribution < -0.4 is 50.9 Å². The molecular formula is C25H62Br3Cl2N3. The van der Waals surface area contributed by atoms with Gasteiger partial charge in [0.2, 0.25) is 0 Å². The minimum Gasteiger partial charge on any atom is -1.00 e. The van der Waals surface area contributed by atoms with Gasteiger partial charge in [-0.2, -0.15) is 0 Å². The van der Waals surface area contributed by atoms with Crippen LogP contribution in [-0.4, -0.2) is 97.3 Å². The Morgan fingerprint density at radius 2 is 0.364 bits per heavy atom. The molecule has 0 N–H and O–H groups in total. The van der Waals surface area contributed by atoms with Crippen molar-refractivity contribution in [3.8, 4) is 0 Å². The van der Waals surface area contributed by atoms with Gasteiger partial charge in [-0.3, -0.25) is 0 Å². The van der Waals surface area contributed by atoms with Gasteiger partial charge < -0.3 is 64.4 Å². The van der Waals surface area contributed by atoms with Crippen molar-refractivity contribution >= 4 is 23.2 Å². The van der Waals surface area contributed by atoms with Crippen molar-refractivity contribution in [3.63, 3.8) is 0 Å². The summed E-state index contributed by atoms with van der Waals surface area (Å²) >= 11 is 9.53. The van der Waals surface area contributed by atoms with E-state index in [-0.39, 0.29) is 56.3 Å². The summed E-state index contributed by atoms with van der Waals surface area (Å²) in [7, 11) is 0. The average molecular weight is 715 g/mol. The molecule has 0 saturated carbocycles. The van der Waals surface area contributed by atoms with Gasteiger partial charge in [0.15, 0.2) is 0 Å². The number of alkyl halides is 2. The molecule has 0 spiro atoms. The van der Waals surface area contributed by atoms with Crippen LogP contribution in [0.15, 0.2) is 0 Å². The second-order valence-electron chi connectivity index (χ2n) is 7.92. The fraction of sp³-hybridized carbons (Fsp3) is 1.00. The normalized spacial score (nSPS) is 10.4. The molecule has 0 amide bonds. The summed E-state index contributed by atoms with van der Waals surface area (Å²) in [5, 5.41) is 0.194. The molecule has 0 atom stereocenters. The largest absolute Gasteiger partial charge is 1.00 e. The summed E-state index contributed by atoms with van der Waals surface area (Å²) in [5.41, 5.74) is 0. The minimum absolute atomic E-state index is 0. The van der Waals surface area contributed by atoms with E-state index in [9.17, 15) is 0 Å². The highest BCUT2D eigenvalue weighted by Gasteiger charge is 2.17. The van der Waals surface area contributed by atoms with Crippen molar-refractivity contribution < 1.29 is 64.4 Å². The van der Waals surface area contributed by atoms with Crippen LogP contribution in [0.1, 0.15) is 83.1 Å². The van der Waals surface area contributed by atoms with Gasteiger partial charge in [0.1, 0.15) is 0 Å². The van der Waals surface area contributed by atoms with Crippen LogP contribution in [0.2, 0.25) is 0 Å². The van der Waals surface area contributed by atoms with Gasteiger partial charge in [-0.15, -0.1) is 23.2 Å². The topological polar surface area (TPSA) is 0 Å². The maximum absolute atomic E-state index is 4.76.